The molecule has 0 spiro atoms. The largest absolute Gasteiger partial charge is 0.342 e. The van der Waals surface area contributed by atoms with Crippen LogP contribution in [0.3, 0.4) is 0 Å². The van der Waals surface area contributed by atoms with Crippen molar-refractivity contribution in [2.45, 2.75) is 6.92 Å². The van der Waals surface area contributed by atoms with Gasteiger partial charge in [0.25, 0.3) is 11.6 Å². The van der Waals surface area contributed by atoms with E-state index in [1.54, 1.807) is 18.2 Å². The van der Waals surface area contributed by atoms with Gasteiger partial charge in [0.15, 0.2) is 0 Å². The van der Waals surface area contributed by atoms with E-state index in [1.807, 2.05) is 6.92 Å². The highest BCUT2D eigenvalue weighted by Crippen LogP contribution is 2.19. The summed E-state index contributed by atoms with van der Waals surface area (Å²) in [4.78, 5) is 29.7. The number of hydrogen-bond donors (Lipinski definition) is 2. The number of nitro benzene ring substituents is 1. The summed E-state index contributed by atoms with van der Waals surface area (Å²) in [5.74, 6) is 0.386. The van der Waals surface area contributed by atoms with E-state index in [1.165, 1.54) is 24.3 Å². The molecule has 0 saturated heterocycles. The lowest BCUT2D eigenvalue weighted by Gasteiger charge is -2.05. The van der Waals surface area contributed by atoms with Crippen LogP contribution >= 0.6 is 0 Å². The summed E-state index contributed by atoms with van der Waals surface area (Å²) in [5, 5.41) is 13.5. The highest BCUT2D eigenvalue weighted by molar-refractivity contribution is 6.05. The number of rotatable bonds is 3. The lowest BCUT2D eigenvalue weighted by molar-refractivity contribution is -0.384. The predicted octanol–water partition coefficient (Wildman–Crippen LogP) is 3.03. The topological polar surface area (TPSA) is 101 Å². The fourth-order valence-corrected chi connectivity index (χ4v) is 2.18. The number of aryl methyl sites for hydroxylation is 1. The number of fused-ring (bicyclic) bond motifs is 1. The Morgan fingerprint density at radius 1 is 1.27 bits per heavy atom. The summed E-state index contributed by atoms with van der Waals surface area (Å²) in [6.07, 6.45) is 0. The van der Waals surface area contributed by atoms with Crippen molar-refractivity contribution in [2.24, 2.45) is 0 Å². The third-order valence-electron chi connectivity index (χ3n) is 3.18. The average Bonchev–Trinajstić information content (AvgIpc) is 2.86. The van der Waals surface area contributed by atoms with Crippen molar-refractivity contribution in [3.63, 3.8) is 0 Å². The van der Waals surface area contributed by atoms with Crippen LogP contribution in [0.25, 0.3) is 11.0 Å². The normalized spacial score (nSPS) is 10.6. The molecule has 3 aromatic rings. The minimum atomic E-state index is -0.532. The van der Waals surface area contributed by atoms with E-state index in [0.29, 0.717) is 5.69 Å². The number of nitrogens with zero attached hydrogens (tertiary/aromatic N) is 2. The molecule has 22 heavy (non-hydrogen) atoms. The van der Waals surface area contributed by atoms with Crippen LogP contribution in [0.5, 0.6) is 0 Å². The standard InChI is InChI=1S/C15H12N4O3/c1-9-16-13-6-5-11(8-14(13)17-9)18-15(20)10-3-2-4-12(7-10)19(21)22/h2-8H,1H3,(H,16,17)(H,18,20). The number of benzene rings is 2. The van der Waals surface area contributed by atoms with E-state index in [9.17, 15) is 14.9 Å². The van der Waals surface area contributed by atoms with Crippen molar-refractivity contribution in [3.8, 4) is 0 Å². The first kappa shape index (κ1) is 13.7. The second-order valence-electron chi connectivity index (χ2n) is 4.82. The number of nitro groups is 1. The van der Waals surface area contributed by atoms with Crippen molar-refractivity contribution >= 4 is 28.3 Å². The number of H-pyrrole nitrogens is 1. The molecule has 0 radical (unpaired) electrons. The smallest absolute Gasteiger partial charge is 0.270 e. The first-order valence-electron chi connectivity index (χ1n) is 6.55. The van der Waals surface area contributed by atoms with Crippen LogP contribution < -0.4 is 5.32 Å². The molecular weight excluding hydrogens is 284 g/mol. The maximum Gasteiger partial charge on any atom is 0.270 e. The monoisotopic (exact) mass is 296 g/mol. The second-order valence-corrected chi connectivity index (χ2v) is 4.82. The van der Waals surface area contributed by atoms with Gasteiger partial charge in [-0.1, -0.05) is 6.07 Å². The Hall–Kier alpha value is -3.22. The number of non-ortho nitro benzene ring substituents is 1. The SMILES string of the molecule is Cc1nc2ccc(NC(=O)c3cccc([N+](=O)[O-])c3)cc2[nH]1. The van der Waals surface area contributed by atoms with Gasteiger partial charge < -0.3 is 10.3 Å². The van der Waals surface area contributed by atoms with Crippen LogP contribution in [-0.4, -0.2) is 20.8 Å². The first-order chi connectivity index (χ1) is 10.5. The number of carbonyl (C=O) groups is 1. The number of carbonyl (C=O) groups excluding carboxylic acids is 1. The molecular formula is C15H12N4O3. The van der Waals surface area contributed by atoms with Gasteiger partial charge in [0.05, 0.1) is 16.0 Å². The lowest BCUT2D eigenvalue weighted by atomic mass is 10.2. The molecule has 3 rings (SSSR count). The maximum atomic E-state index is 12.2. The zero-order valence-electron chi connectivity index (χ0n) is 11.7. The molecule has 0 bridgehead atoms. The van der Waals surface area contributed by atoms with Gasteiger partial charge in [0.2, 0.25) is 0 Å². The van der Waals surface area contributed by atoms with Gasteiger partial charge in [-0.2, -0.15) is 0 Å². The maximum absolute atomic E-state index is 12.2. The number of aromatic nitrogens is 2. The molecule has 0 aliphatic rings. The van der Waals surface area contributed by atoms with Gasteiger partial charge in [-0.25, -0.2) is 4.98 Å². The molecule has 110 valence electrons. The van der Waals surface area contributed by atoms with Crippen LogP contribution in [0.4, 0.5) is 11.4 Å². The highest BCUT2D eigenvalue weighted by atomic mass is 16.6. The van der Waals surface area contributed by atoms with Crippen LogP contribution in [0.1, 0.15) is 16.2 Å². The van der Waals surface area contributed by atoms with E-state index < -0.39 is 10.8 Å². The molecule has 7 nitrogen and oxygen atoms in total. The molecule has 1 amide bonds. The van der Waals surface area contributed by atoms with E-state index >= 15 is 0 Å². The van der Waals surface area contributed by atoms with Gasteiger partial charge in [-0.05, 0) is 31.2 Å². The minimum absolute atomic E-state index is 0.118. The highest BCUT2D eigenvalue weighted by Gasteiger charge is 2.12. The second kappa shape index (κ2) is 5.28. The van der Waals surface area contributed by atoms with Crippen molar-refractivity contribution in [1.82, 2.24) is 9.97 Å². The van der Waals surface area contributed by atoms with Crippen LogP contribution in [0.15, 0.2) is 42.5 Å². The average molecular weight is 296 g/mol. The fourth-order valence-electron chi connectivity index (χ4n) is 2.18. The Bertz CT molecular complexity index is 885. The summed E-state index contributed by atoms with van der Waals surface area (Å²) in [7, 11) is 0. The molecule has 1 aromatic heterocycles. The molecule has 0 atom stereocenters. The molecule has 0 aliphatic carbocycles. The van der Waals surface area contributed by atoms with Crippen LogP contribution in [-0.2, 0) is 0 Å². The van der Waals surface area contributed by atoms with Crippen molar-refractivity contribution in [3.05, 3.63) is 64.0 Å². The molecule has 0 aliphatic heterocycles. The molecule has 2 aromatic carbocycles. The lowest BCUT2D eigenvalue weighted by Crippen LogP contribution is -2.12. The van der Waals surface area contributed by atoms with E-state index in [-0.39, 0.29) is 11.3 Å². The van der Waals surface area contributed by atoms with Crippen molar-refractivity contribution in [2.75, 3.05) is 5.32 Å². The van der Waals surface area contributed by atoms with E-state index in [0.717, 1.165) is 16.9 Å². The third-order valence-corrected chi connectivity index (χ3v) is 3.18. The number of hydrogen-bond acceptors (Lipinski definition) is 4. The molecule has 2 N–H and O–H groups in total. The molecule has 0 fully saturated rings. The van der Waals surface area contributed by atoms with Gasteiger partial charge in [-0.15, -0.1) is 0 Å². The van der Waals surface area contributed by atoms with Crippen LogP contribution in [0, 0.1) is 17.0 Å². The number of aromatic amines is 1. The quantitative estimate of drug-likeness (QED) is 0.573. The summed E-state index contributed by atoms with van der Waals surface area (Å²) >= 11 is 0. The molecule has 7 heteroatoms. The Morgan fingerprint density at radius 2 is 2.09 bits per heavy atom. The summed E-state index contributed by atoms with van der Waals surface area (Å²) in [5.41, 5.74) is 2.33. The first-order valence-corrected chi connectivity index (χ1v) is 6.55. The Labute approximate surface area is 125 Å². The van der Waals surface area contributed by atoms with Crippen LogP contribution in [0.2, 0.25) is 0 Å². The van der Waals surface area contributed by atoms with Gasteiger partial charge in [0.1, 0.15) is 5.82 Å². The fraction of sp³-hybridized carbons (Fsp3) is 0.0667. The minimum Gasteiger partial charge on any atom is -0.342 e. The number of amides is 1. The Kier molecular flexibility index (Phi) is 3.30. The zero-order chi connectivity index (χ0) is 15.7. The zero-order valence-corrected chi connectivity index (χ0v) is 11.7. The predicted molar refractivity (Wildman–Crippen MR) is 81.9 cm³/mol. The number of nitrogens with one attached hydrogen (secondary N) is 2. The van der Waals surface area contributed by atoms with E-state index in [4.69, 9.17) is 0 Å². The molecule has 0 unspecified atom stereocenters. The molecule has 1 heterocycles. The summed E-state index contributed by atoms with van der Waals surface area (Å²) in [6.45, 7) is 1.85. The summed E-state index contributed by atoms with van der Waals surface area (Å²) in [6, 6.07) is 10.9. The van der Waals surface area contributed by atoms with Gasteiger partial charge in [0, 0.05) is 23.4 Å². The Balaban J connectivity index is 1.86. The Morgan fingerprint density at radius 3 is 2.86 bits per heavy atom. The number of imidazole rings is 1. The van der Waals surface area contributed by atoms with E-state index in [2.05, 4.69) is 15.3 Å². The third kappa shape index (κ3) is 2.64. The number of anilines is 1. The summed E-state index contributed by atoms with van der Waals surface area (Å²) < 4.78 is 0. The van der Waals surface area contributed by atoms with Gasteiger partial charge >= 0.3 is 0 Å². The van der Waals surface area contributed by atoms with Gasteiger partial charge in [-0.3, -0.25) is 14.9 Å². The van der Waals surface area contributed by atoms with Crippen molar-refractivity contribution in [1.29, 1.82) is 0 Å². The van der Waals surface area contributed by atoms with Crippen molar-refractivity contribution < 1.29 is 9.72 Å². The molecule has 0 saturated carbocycles.